The van der Waals surface area contributed by atoms with E-state index >= 15 is 0 Å². The molecule has 0 bridgehead atoms. The number of hydrogen-bond donors (Lipinski definition) is 1. The highest BCUT2D eigenvalue weighted by Gasteiger charge is 2.28. The summed E-state index contributed by atoms with van der Waals surface area (Å²) in [7, 11) is 0. The molecule has 2 heterocycles. The van der Waals surface area contributed by atoms with Gasteiger partial charge in [-0.2, -0.15) is 0 Å². The van der Waals surface area contributed by atoms with Crippen LogP contribution in [0.15, 0.2) is 0 Å². The fourth-order valence-electron chi connectivity index (χ4n) is 3.23. The van der Waals surface area contributed by atoms with E-state index in [1.807, 2.05) is 0 Å². The smallest absolute Gasteiger partial charge is 0.0477 e. The van der Waals surface area contributed by atoms with Gasteiger partial charge in [0.2, 0.25) is 0 Å². The van der Waals surface area contributed by atoms with E-state index in [1.54, 1.807) is 0 Å². The van der Waals surface area contributed by atoms with Gasteiger partial charge in [-0.05, 0) is 58.8 Å². The molecule has 0 aromatic carbocycles. The Balaban J connectivity index is 1.46. The van der Waals surface area contributed by atoms with Crippen molar-refractivity contribution in [1.82, 2.24) is 15.1 Å². The van der Waals surface area contributed by atoms with Crippen molar-refractivity contribution in [2.75, 3.05) is 59.0 Å². The number of ether oxygens (including phenoxy) is 1. The summed E-state index contributed by atoms with van der Waals surface area (Å²) in [4.78, 5) is 5.33. The molecule has 2 rings (SSSR count). The zero-order valence-electron chi connectivity index (χ0n) is 12.6. The van der Waals surface area contributed by atoms with Gasteiger partial charge < -0.3 is 15.0 Å². The lowest BCUT2D eigenvalue weighted by molar-refractivity contribution is 0.144. The van der Waals surface area contributed by atoms with E-state index in [9.17, 15) is 0 Å². The molecule has 2 fully saturated rings. The summed E-state index contributed by atoms with van der Waals surface area (Å²) < 4.78 is 5.33. The Morgan fingerprint density at radius 1 is 1.16 bits per heavy atom. The molecular weight excluding hydrogens is 238 g/mol. The zero-order valence-corrected chi connectivity index (χ0v) is 12.6. The number of nitrogens with zero attached hydrogens (tertiary/aromatic N) is 2. The largest absolute Gasteiger partial charge is 0.382 e. The van der Waals surface area contributed by atoms with Gasteiger partial charge in [0.1, 0.15) is 0 Å². The molecule has 0 radical (unpaired) electrons. The molecule has 4 heteroatoms. The molecule has 0 aromatic rings. The molecule has 0 aliphatic carbocycles. The van der Waals surface area contributed by atoms with Crippen molar-refractivity contribution in [2.45, 2.75) is 38.6 Å². The molecule has 0 amide bonds. The van der Waals surface area contributed by atoms with Crippen LogP contribution in [-0.2, 0) is 4.74 Å². The molecule has 1 N–H and O–H groups in total. The van der Waals surface area contributed by atoms with E-state index in [0.29, 0.717) is 0 Å². The Bertz CT molecular complexity index is 231. The van der Waals surface area contributed by atoms with Crippen molar-refractivity contribution < 1.29 is 4.74 Å². The standard InChI is InChI=1S/C15H31N3O/c1-2-19-13-5-7-16-8-12-17-11-6-15(14-17)18-9-3-4-10-18/h15-16H,2-14H2,1H3. The maximum atomic E-state index is 5.33. The summed E-state index contributed by atoms with van der Waals surface area (Å²) >= 11 is 0. The second-order valence-corrected chi connectivity index (χ2v) is 5.79. The van der Waals surface area contributed by atoms with Crippen molar-refractivity contribution in [2.24, 2.45) is 0 Å². The van der Waals surface area contributed by atoms with Crippen LogP contribution in [0.4, 0.5) is 0 Å². The first-order valence-corrected chi connectivity index (χ1v) is 8.15. The van der Waals surface area contributed by atoms with Gasteiger partial charge in [-0.1, -0.05) is 0 Å². The van der Waals surface area contributed by atoms with Gasteiger partial charge in [-0.15, -0.1) is 0 Å². The third kappa shape index (κ3) is 5.38. The van der Waals surface area contributed by atoms with Crippen molar-refractivity contribution in [3.05, 3.63) is 0 Å². The summed E-state index contributed by atoms with van der Waals surface area (Å²) in [5.74, 6) is 0. The molecule has 4 nitrogen and oxygen atoms in total. The molecule has 2 aliphatic heterocycles. The van der Waals surface area contributed by atoms with Crippen LogP contribution in [0.5, 0.6) is 0 Å². The van der Waals surface area contributed by atoms with Gasteiger partial charge in [-0.25, -0.2) is 0 Å². The van der Waals surface area contributed by atoms with Crippen LogP contribution in [0.3, 0.4) is 0 Å². The fraction of sp³-hybridized carbons (Fsp3) is 1.00. The highest BCUT2D eigenvalue weighted by molar-refractivity contribution is 4.85. The highest BCUT2D eigenvalue weighted by atomic mass is 16.5. The van der Waals surface area contributed by atoms with E-state index in [1.165, 1.54) is 52.0 Å². The lowest BCUT2D eigenvalue weighted by Gasteiger charge is -2.23. The highest BCUT2D eigenvalue weighted by Crippen LogP contribution is 2.19. The molecule has 1 unspecified atom stereocenters. The molecule has 0 aromatic heterocycles. The quantitative estimate of drug-likeness (QED) is 0.636. The summed E-state index contributed by atoms with van der Waals surface area (Å²) in [5.41, 5.74) is 0. The average Bonchev–Trinajstić information content (AvgIpc) is 3.08. The Kier molecular flexibility index (Phi) is 7.14. The zero-order chi connectivity index (χ0) is 13.3. The predicted octanol–water partition coefficient (Wildman–Crippen LogP) is 1.17. The van der Waals surface area contributed by atoms with Crippen LogP contribution in [0.25, 0.3) is 0 Å². The number of hydrogen-bond acceptors (Lipinski definition) is 4. The topological polar surface area (TPSA) is 27.7 Å². The number of nitrogens with one attached hydrogen (secondary N) is 1. The van der Waals surface area contributed by atoms with E-state index in [4.69, 9.17) is 4.74 Å². The number of rotatable bonds is 9. The van der Waals surface area contributed by atoms with Gasteiger partial charge in [0.25, 0.3) is 0 Å². The minimum Gasteiger partial charge on any atom is -0.382 e. The third-order valence-electron chi connectivity index (χ3n) is 4.36. The maximum Gasteiger partial charge on any atom is 0.0477 e. The Morgan fingerprint density at radius 2 is 2.00 bits per heavy atom. The first-order valence-electron chi connectivity index (χ1n) is 8.15. The minimum atomic E-state index is 0.839. The SMILES string of the molecule is CCOCCCNCCN1CCC(N2CCCC2)C1. The van der Waals surface area contributed by atoms with Crippen molar-refractivity contribution in [3.8, 4) is 0 Å². The first kappa shape index (κ1) is 15.2. The van der Waals surface area contributed by atoms with Crippen LogP contribution in [0, 0.1) is 0 Å². The predicted molar refractivity (Wildman–Crippen MR) is 79.6 cm³/mol. The van der Waals surface area contributed by atoms with Crippen LogP contribution < -0.4 is 5.32 Å². The van der Waals surface area contributed by atoms with E-state index < -0.39 is 0 Å². The average molecular weight is 269 g/mol. The summed E-state index contributed by atoms with van der Waals surface area (Å²) in [5, 5.41) is 3.52. The normalized spacial score (nSPS) is 25.4. The Morgan fingerprint density at radius 3 is 2.79 bits per heavy atom. The second-order valence-electron chi connectivity index (χ2n) is 5.79. The molecule has 19 heavy (non-hydrogen) atoms. The van der Waals surface area contributed by atoms with Crippen molar-refractivity contribution in [1.29, 1.82) is 0 Å². The Labute approximate surface area is 118 Å². The van der Waals surface area contributed by atoms with Crippen LogP contribution in [0.2, 0.25) is 0 Å². The van der Waals surface area contributed by atoms with Crippen LogP contribution in [-0.4, -0.2) is 74.9 Å². The van der Waals surface area contributed by atoms with Gasteiger partial charge in [-0.3, -0.25) is 4.90 Å². The van der Waals surface area contributed by atoms with Crippen LogP contribution >= 0.6 is 0 Å². The molecule has 112 valence electrons. The van der Waals surface area contributed by atoms with Gasteiger partial charge in [0.15, 0.2) is 0 Å². The van der Waals surface area contributed by atoms with E-state index in [0.717, 1.165) is 38.8 Å². The molecule has 1 atom stereocenters. The minimum absolute atomic E-state index is 0.839. The first-order chi connectivity index (χ1) is 9.40. The van der Waals surface area contributed by atoms with Crippen LogP contribution in [0.1, 0.15) is 32.6 Å². The summed E-state index contributed by atoms with van der Waals surface area (Å²) in [6, 6.07) is 0.848. The van der Waals surface area contributed by atoms with Crippen molar-refractivity contribution in [3.63, 3.8) is 0 Å². The van der Waals surface area contributed by atoms with Gasteiger partial charge in [0, 0.05) is 38.9 Å². The van der Waals surface area contributed by atoms with E-state index in [2.05, 4.69) is 22.0 Å². The second kappa shape index (κ2) is 8.90. The van der Waals surface area contributed by atoms with Crippen molar-refractivity contribution >= 4 is 0 Å². The van der Waals surface area contributed by atoms with Gasteiger partial charge >= 0.3 is 0 Å². The fourth-order valence-corrected chi connectivity index (χ4v) is 3.23. The monoisotopic (exact) mass is 269 g/mol. The van der Waals surface area contributed by atoms with Gasteiger partial charge in [0.05, 0.1) is 0 Å². The number of likely N-dealkylation sites (tertiary alicyclic amines) is 2. The lowest BCUT2D eigenvalue weighted by atomic mass is 10.2. The Hall–Kier alpha value is -0.160. The third-order valence-corrected chi connectivity index (χ3v) is 4.36. The molecule has 2 aliphatic rings. The lowest BCUT2D eigenvalue weighted by Crippen LogP contribution is -2.37. The van der Waals surface area contributed by atoms with E-state index in [-0.39, 0.29) is 0 Å². The molecule has 0 saturated carbocycles. The molecular formula is C15H31N3O. The molecule has 0 spiro atoms. The summed E-state index contributed by atoms with van der Waals surface area (Å²) in [6.45, 7) is 12.5. The molecule has 2 saturated heterocycles. The maximum absolute atomic E-state index is 5.33. The summed E-state index contributed by atoms with van der Waals surface area (Å²) in [6.07, 6.45) is 5.34.